The number of allylic oxidation sites excluding steroid dienone is 4. The number of nitrogens with zero attached hydrogens (tertiary/aromatic N) is 1. The largest absolute Gasteiger partial charge is 0.493 e. The molecule has 4 heteroatoms. The third kappa shape index (κ3) is 17.4. The van der Waals surface area contributed by atoms with Crippen molar-refractivity contribution >= 4 is 0 Å². The molecule has 0 aliphatic heterocycles. The molecule has 0 spiro atoms. The summed E-state index contributed by atoms with van der Waals surface area (Å²) in [5, 5.41) is 9.16. The van der Waals surface area contributed by atoms with Crippen LogP contribution in [0.2, 0.25) is 0 Å². The van der Waals surface area contributed by atoms with Crippen LogP contribution in [-0.2, 0) is 6.54 Å². The molecule has 0 fully saturated rings. The lowest BCUT2D eigenvalue weighted by Crippen LogP contribution is -2.13. The first-order chi connectivity index (χ1) is 18.0. The van der Waals surface area contributed by atoms with Gasteiger partial charge in [-0.3, -0.25) is 0 Å². The number of unbranched alkanes of at least 4 members (excludes halogenated alkanes) is 9. The Morgan fingerprint density at radius 2 is 1.43 bits per heavy atom. The van der Waals surface area contributed by atoms with E-state index in [1.54, 1.807) is 0 Å². The SMILES string of the molecule is CCCCC/C=C\C/C=C\CCCCCCCCOc1cc(CN(C)C)cc(OCC(C)CCO)c1C. The maximum Gasteiger partial charge on any atom is 0.126 e. The van der Waals surface area contributed by atoms with E-state index < -0.39 is 0 Å². The van der Waals surface area contributed by atoms with Gasteiger partial charge in [0.15, 0.2) is 0 Å². The van der Waals surface area contributed by atoms with Gasteiger partial charge in [-0.2, -0.15) is 0 Å². The summed E-state index contributed by atoms with van der Waals surface area (Å²) in [5.74, 6) is 2.16. The predicted molar refractivity (Wildman–Crippen MR) is 160 cm³/mol. The molecule has 1 N–H and O–H groups in total. The van der Waals surface area contributed by atoms with Crippen LogP contribution in [0.5, 0.6) is 11.5 Å². The highest BCUT2D eigenvalue weighted by atomic mass is 16.5. The number of hydrogen-bond acceptors (Lipinski definition) is 4. The van der Waals surface area contributed by atoms with E-state index in [0.29, 0.717) is 12.5 Å². The van der Waals surface area contributed by atoms with Gasteiger partial charge in [0.25, 0.3) is 0 Å². The van der Waals surface area contributed by atoms with Crippen molar-refractivity contribution in [1.82, 2.24) is 4.90 Å². The van der Waals surface area contributed by atoms with Gasteiger partial charge in [0.2, 0.25) is 0 Å². The number of rotatable bonds is 23. The minimum absolute atomic E-state index is 0.201. The zero-order valence-corrected chi connectivity index (χ0v) is 24.8. The van der Waals surface area contributed by atoms with E-state index in [0.717, 1.165) is 49.5 Å². The fourth-order valence-electron chi connectivity index (χ4n) is 4.28. The summed E-state index contributed by atoms with van der Waals surface area (Å²) in [7, 11) is 4.16. The van der Waals surface area contributed by atoms with Gasteiger partial charge in [-0.15, -0.1) is 0 Å². The summed E-state index contributed by atoms with van der Waals surface area (Å²) in [6.07, 6.45) is 25.1. The number of ether oxygens (including phenoxy) is 2. The molecule has 0 amide bonds. The van der Waals surface area contributed by atoms with Crippen molar-refractivity contribution in [3.63, 3.8) is 0 Å². The second kappa shape index (κ2) is 22.2. The third-order valence-electron chi connectivity index (χ3n) is 6.62. The standard InChI is InChI=1S/C33H57NO3/c1-6-7-8-9-10-11-12-13-14-15-16-17-18-19-20-21-24-36-32-25-31(27-34(4)5)26-33(30(32)3)37-28-29(2)22-23-35/h10-11,13-14,25-26,29,35H,6-9,12,15-24,27-28H2,1-5H3/b11-10-,14-13-. The van der Waals surface area contributed by atoms with Crippen LogP contribution in [0.15, 0.2) is 36.4 Å². The lowest BCUT2D eigenvalue weighted by atomic mass is 10.1. The Balaban J connectivity index is 2.26. The molecule has 212 valence electrons. The molecule has 1 unspecified atom stereocenters. The van der Waals surface area contributed by atoms with E-state index in [1.165, 1.54) is 69.8 Å². The molecule has 37 heavy (non-hydrogen) atoms. The molecule has 1 atom stereocenters. The van der Waals surface area contributed by atoms with Gasteiger partial charge in [0, 0.05) is 18.7 Å². The second-order valence-electron chi connectivity index (χ2n) is 10.8. The molecule has 0 saturated heterocycles. The van der Waals surface area contributed by atoms with Crippen molar-refractivity contribution in [3.8, 4) is 11.5 Å². The summed E-state index contributed by atoms with van der Waals surface area (Å²) in [5.41, 5.74) is 2.27. The number of aliphatic hydroxyl groups is 1. The van der Waals surface area contributed by atoms with Crippen molar-refractivity contribution in [2.75, 3.05) is 33.9 Å². The third-order valence-corrected chi connectivity index (χ3v) is 6.62. The van der Waals surface area contributed by atoms with E-state index in [4.69, 9.17) is 14.6 Å². The highest BCUT2D eigenvalue weighted by molar-refractivity contribution is 5.47. The smallest absolute Gasteiger partial charge is 0.126 e. The highest BCUT2D eigenvalue weighted by Gasteiger charge is 2.12. The molecule has 0 aliphatic carbocycles. The Hall–Kier alpha value is -1.78. The van der Waals surface area contributed by atoms with Crippen LogP contribution in [0, 0.1) is 12.8 Å². The zero-order chi connectivity index (χ0) is 27.1. The first-order valence-electron chi connectivity index (χ1n) is 14.9. The van der Waals surface area contributed by atoms with E-state index in [-0.39, 0.29) is 6.61 Å². The summed E-state index contributed by atoms with van der Waals surface area (Å²) < 4.78 is 12.4. The average Bonchev–Trinajstić information content (AvgIpc) is 2.86. The van der Waals surface area contributed by atoms with Crippen LogP contribution >= 0.6 is 0 Å². The molecule has 1 rings (SSSR count). The maximum absolute atomic E-state index is 9.16. The van der Waals surface area contributed by atoms with Crippen molar-refractivity contribution in [2.24, 2.45) is 5.92 Å². The van der Waals surface area contributed by atoms with Crippen LogP contribution in [-0.4, -0.2) is 43.9 Å². The van der Waals surface area contributed by atoms with E-state index >= 15 is 0 Å². The Bertz CT molecular complexity index is 741. The molecule has 0 aromatic heterocycles. The Kier molecular flexibility index (Phi) is 20.0. The summed E-state index contributed by atoms with van der Waals surface area (Å²) >= 11 is 0. The first kappa shape index (κ1) is 33.2. The van der Waals surface area contributed by atoms with Crippen molar-refractivity contribution < 1.29 is 14.6 Å². The summed E-state index contributed by atoms with van der Waals surface area (Å²) in [4.78, 5) is 2.16. The molecule has 4 nitrogen and oxygen atoms in total. The van der Waals surface area contributed by atoms with Crippen LogP contribution in [0.25, 0.3) is 0 Å². The molecular formula is C33H57NO3. The zero-order valence-electron chi connectivity index (χ0n) is 24.8. The van der Waals surface area contributed by atoms with Gasteiger partial charge in [0.1, 0.15) is 11.5 Å². The second-order valence-corrected chi connectivity index (χ2v) is 10.8. The van der Waals surface area contributed by atoms with Gasteiger partial charge in [0.05, 0.1) is 13.2 Å². The molecule has 0 bridgehead atoms. The maximum atomic E-state index is 9.16. The molecule has 0 aliphatic rings. The normalized spacial score (nSPS) is 12.7. The quantitative estimate of drug-likeness (QED) is 0.117. The Morgan fingerprint density at radius 1 is 0.838 bits per heavy atom. The molecule has 0 saturated carbocycles. The monoisotopic (exact) mass is 515 g/mol. The van der Waals surface area contributed by atoms with Gasteiger partial charge >= 0.3 is 0 Å². The minimum Gasteiger partial charge on any atom is -0.493 e. The topological polar surface area (TPSA) is 41.9 Å². The molecule has 0 radical (unpaired) electrons. The van der Waals surface area contributed by atoms with Gasteiger partial charge in [-0.1, -0.05) is 76.7 Å². The molecule has 1 aromatic rings. The molecule has 1 aromatic carbocycles. The number of hydrogen-bond donors (Lipinski definition) is 1. The Labute approximate surface area is 229 Å². The summed E-state index contributed by atoms with van der Waals surface area (Å²) in [6, 6.07) is 4.30. The van der Waals surface area contributed by atoms with E-state index in [2.05, 4.69) is 76.2 Å². The number of aliphatic hydroxyl groups excluding tert-OH is 1. The van der Waals surface area contributed by atoms with Crippen molar-refractivity contribution in [1.29, 1.82) is 0 Å². The van der Waals surface area contributed by atoms with Crippen LogP contribution in [0.1, 0.15) is 108 Å². The van der Waals surface area contributed by atoms with Crippen LogP contribution in [0.3, 0.4) is 0 Å². The van der Waals surface area contributed by atoms with Gasteiger partial charge in [-0.25, -0.2) is 0 Å². The summed E-state index contributed by atoms with van der Waals surface area (Å²) in [6.45, 7) is 8.86. The van der Waals surface area contributed by atoms with Gasteiger partial charge in [-0.05, 0) is 89.6 Å². The fraction of sp³-hybridized carbons (Fsp3) is 0.697. The first-order valence-corrected chi connectivity index (χ1v) is 14.9. The molecular weight excluding hydrogens is 458 g/mol. The lowest BCUT2D eigenvalue weighted by molar-refractivity contribution is 0.206. The van der Waals surface area contributed by atoms with Crippen molar-refractivity contribution in [3.05, 3.63) is 47.6 Å². The molecule has 0 heterocycles. The van der Waals surface area contributed by atoms with E-state index in [1.807, 2.05) is 0 Å². The fourth-order valence-corrected chi connectivity index (χ4v) is 4.28. The van der Waals surface area contributed by atoms with Crippen LogP contribution < -0.4 is 9.47 Å². The predicted octanol–water partition coefficient (Wildman–Crippen LogP) is 8.65. The highest BCUT2D eigenvalue weighted by Crippen LogP contribution is 2.31. The van der Waals surface area contributed by atoms with Crippen LogP contribution in [0.4, 0.5) is 0 Å². The average molecular weight is 516 g/mol. The van der Waals surface area contributed by atoms with E-state index in [9.17, 15) is 0 Å². The Morgan fingerprint density at radius 3 is 2.05 bits per heavy atom. The van der Waals surface area contributed by atoms with Crippen molar-refractivity contribution in [2.45, 2.75) is 111 Å². The van der Waals surface area contributed by atoms with Gasteiger partial charge < -0.3 is 19.5 Å². The number of benzene rings is 1. The lowest BCUT2D eigenvalue weighted by Gasteiger charge is -2.19. The minimum atomic E-state index is 0.201.